The zero-order chi connectivity index (χ0) is 20.6. The van der Waals surface area contributed by atoms with Crippen LogP contribution in [-0.2, 0) is 16.1 Å². The molecule has 0 saturated heterocycles. The van der Waals surface area contributed by atoms with Crippen LogP contribution in [0.2, 0.25) is 0 Å². The van der Waals surface area contributed by atoms with E-state index >= 15 is 0 Å². The van der Waals surface area contributed by atoms with Gasteiger partial charge in [0.05, 0.1) is 11.6 Å². The molecular formula is C22H24N2O4S. The maximum Gasteiger partial charge on any atom is 0.338 e. The van der Waals surface area contributed by atoms with Crippen molar-refractivity contribution in [3.8, 4) is 5.75 Å². The minimum Gasteiger partial charge on any atom is -0.489 e. The number of allylic oxidation sites excluding steroid dienone is 1. The van der Waals surface area contributed by atoms with Crippen LogP contribution in [-0.4, -0.2) is 30.6 Å². The highest BCUT2D eigenvalue weighted by atomic mass is 32.2. The van der Waals surface area contributed by atoms with Gasteiger partial charge in [0.15, 0.2) is 0 Å². The van der Waals surface area contributed by atoms with Crippen molar-refractivity contribution >= 4 is 23.8 Å². The van der Waals surface area contributed by atoms with Crippen LogP contribution in [0.15, 0.2) is 65.9 Å². The van der Waals surface area contributed by atoms with Crippen molar-refractivity contribution in [3.63, 3.8) is 0 Å². The van der Waals surface area contributed by atoms with Gasteiger partial charge in [-0.2, -0.15) is 11.8 Å². The van der Waals surface area contributed by atoms with Crippen LogP contribution < -0.4 is 15.4 Å². The summed E-state index contributed by atoms with van der Waals surface area (Å²) in [5.41, 5.74) is 2.76. The molecule has 0 saturated carbocycles. The molecule has 1 aliphatic rings. The van der Waals surface area contributed by atoms with Crippen molar-refractivity contribution in [1.82, 2.24) is 10.6 Å². The molecule has 6 nitrogen and oxygen atoms in total. The second kappa shape index (κ2) is 10.0. The lowest BCUT2D eigenvalue weighted by Gasteiger charge is -2.28. The fraction of sp³-hybridized carbons (Fsp3) is 0.273. The quantitative estimate of drug-likeness (QED) is 0.509. The zero-order valence-corrected chi connectivity index (χ0v) is 17.3. The highest BCUT2D eigenvalue weighted by Crippen LogP contribution is 2.29. The van der Waals surface area contributed by atoms with Crippen molar-refractivity contribution in [3.05, 3.63) is 77.0 Å². The van der Waals surface area contributed by atoms with Gasteiger partial charge < -0.3 is 20.1 Å². The monoisotopic (exact) mass is 412 g/mol. The van der Waals surface area contributed by atoms with E-state index in [0.717, 1.165) is 16.9 Å². The summed E-state index contributed by atoms with van der Waals surface area (Å²) >= 11 is 1.60. The normalized spacial score (nSPS) is 16.1. The van der Waals surface area contributed by atoms with Crippen molar-refractivity contribution in [2.45, 2.75) is 19.6 Å². The first-order valence-electron chi connectivity index (χ1n) is 9.29. The highest BCUT2D eigenvalue weighted by Gasteiger charge is 2.32. The number of benzene rings is 2. The Labute approximate surface area is 174 Å². The van der Waals surface area contributed by atoms with Gasteiger partial charge in [-0.3, -0.25) is 0 Å². The molecule has 2 aromatic rings. The molecule has 2 aromatic carbocycles. The third-order valence-corrected chi connectivity index (χ3v) is 5.05. The molecule has 3 rings (SSSR count). The van der Waals surface area contributed by atoms with E-state index in [4.69, 9.17) is 9.47 Å². The van der Waals surface area contributed by atoms with E-state index in [1.807, 2.05) is 60.9 Å². The van der Waals surface area contributed by atoms with Crippen LogP contribution in [0.25, 0.3) is 0 Å². The first kappa shape index (κ1) is 20.8. The van der Waals surface area contributed by atoms with E-state index < -0.39 is 12.0 Å². The van der Waals surface area contributed by atoms with E-state index in [2.05, 4.69) is 10.6 Å². The molecule has 1 aliphatic heterocycles. The minimum absolute atomic E-state index is 0.323. The smallest absolute Gasteiger partial charge is 0.338 e. The Morgan fingerprint density at radius 1 is 1.10 bits per heavy atom. The number of rotatable bonds is 8. The molecule has 29 heavy (non-hydrogen) atoms. The van der Waals surface area contributed by atoms with Gasteiger partial charge in [-0.1, -0.05) is 42.5 Å². The van der Waals surface area contributed by atoms with Gasteiger partial charge in [-0.15, -0.1) is 0 Å². The SMILES string of the molecule is CSCCOC(=O)C1=C(C)NC(=O)NC1c1ccc(OCc2ccccc2)cc1. The van der Waals surface area contributed by atoms with Crippen LogP contribution in [0.5, 0.6) is 5.75 Å². The molecule has 0 spiro atoms. The average Bonchev–Trinajstić information content (AvgIpc) is 2.73. The molecule has 152 valence electrons. The summed E-state index contributed by atoms with van der Waals surface area (Å²) in [5.74, 6) is 0.997. The number of nitrogens with one attached hydrogen (secondary N) is 2. The second-order valence-corrected chi connectivity index (χ2v) is 7.53. The number of hydrogen-bond acceptors (Lipinski definition) is 5. The predicted molar refractivity (Wildman–Crippen MR) is 114 cm³/mol. The fourth-order valence-corrected chi connectivity index (χ4v) is 3.26. The molecule has 2 amide bonds. The topological polar surface area (TPSA) is 76.7 Å². The predicted octanol–water partition coefficient (Wildman–Crippen LogP) is 3.80. The molecule has 0 bridgehead atoms. The Morgan fingerprint density at radius 3 is 2.52 bits per heavy atom. The van der Waals surface area contributed by atoms with Crippen LogP contribution in [0, 0.1) is 0 Å². The van der Waals surface area contributed by atoms with Gasteiger partial charge in [0.2, 0.25) is 0 Å². The lowest BCUT2D eigenvalue weighted by molar-refractivity contribution is -0.138. The zero-order valence-electron chi connectivity index (χ0n) is 16.4. The molecule has 0 aliphatic carbocycles. The van der Waals surface area contributed by atoms with Crippen molar-refractivity contribution in [2.75, 3.05) is 18.6 Å². The van der Waals surface area contributed by atoms with Crippen molar-refractivity contribution < 1.29 is 19.1 Å². The summed E-state index contributed by atoms with van der Waals surface area (Å²) in [4.78, 5) is 24.6. The number of urea groups is 1. The number of ether oxygens (including phenoxy) is 2. The van der Waals surface area contributed by atoms with Gasteiger partial charge in [0.25, 0.3) is 0 Å². The van der Waals surface area contributed by atoms with E-state index in [1.54, 1.807) is 18.7 Å². The van der Waals surface area contributed by atoms with E-state index in [1.165, 1.54) is 0 Å². The van der Waals surface area contributed by atoms with E-state index in [0.29, 0.717) is 30.2 Å². The molecule has 1 atom stereocenters. The Balaban J connectivity index is 1.73. The summed E-state index contributed by atoms with van der Waals surface area (Å²) in [6, 6.07) is 16.3. The molecule has 0 aromatic heterocycles. The summed E-state index contributed by atoms with van der Waals surface area (Å²) < 4.78 is 11.2. The Morgan fingerprint density at radius 2 is 1.83 bits per heavy atom. The van der Waals surface area contributed by atoms with Gasteiger partial charge in [-0.05, 0) is 36.4 Å². The van der Waals surface area contributed by atoms with Crippen molar-refractivity contribution in [1.29, 1.82) is 0 Å². The molecule has 0 radical (unpaired) electrons. The third-order valence-electron chi connectivity index (χ3n) is 4.47. The molecular weight excluding hydrogens is 388 g/mol. The lowest BCUT2D eigenvalue weighted by Crippen LogP contribution is -2.45. The highest BCUT2D eigenvalue weighted by molar-refractivity contribution is 7.98. The van der Waals surface area contributed by atoms with Crippen LogP contribution in [0.4, 0.5) is 4.79 Å². The number of carbonyl (C=O) groups is 2. The Hall–Kier alpha value is -2.93. The van der Waals surface area contributed by atoms with Crippen LogP contribution in [0.3, 0.4) is 0 Å². The fourth-order valence-electron chi connectivity index (χ4n) is 3.01. The second-order valence-electron chi connectivity index (χ2n) is 6.54. The van der Waals surface area contributed by atoms with Gasteiger partial charge in [0.1, 0.15) is 19.0 Å². The van der Waals surface area contributed by atoms with Crippen LogP contribution >= 0.6 is 11.8 Å². The first-order chi connectivity index (χ1) is 14.1. The Bertz CT molecular complexity index is 881. The van der Waals surface area contributed by atoms with E-state index in [9.17, 15) is 9.59 Å². The maximum absolute atomic E-state index is 12.6. The van der Waals surface area contributed by atoms with E-state index in [-0.39, 0.29) is 6.03 Å². The standard InChI is InChI=1S/C22H24N2O4S/c1-15-19(21(25)27-12-13-29-2)20(24-22(26)23-15)17-8-10-18(11-9-17)28-14-16-6-4-3-5-7-16/h3-11,20H,12-14H2,1-2H3,(H2,23,24,26). The van der Waals surface area contributed by atoms with Gasteiger partial charge >= 0.3 is 12.0 Å². The minimum atomic E-state index is -0.575. The Kier molecular flexibility index (Phi) is 7.19. The number of amides is 2. The van der Waals surface area contributed by atoms with Crippen LogP contribution in [0.1, 0.15) is 24.1 Å². The van der Waals surface area contributed by atoms with Gasteiger partial charge in [0, 0.05) is 11.4 Å². The number of thioether (sulfide) groups is 1. The number of hydrogen-bond donors (Lipinski definition) is 2. The molecule has 1 heterocycles. The summed E-state index contributed by atoms with van der Waals surface area (Å²) in [6.45, 7) is 2.49. The molecule has 1 unspecified atom stereocenters. The number of esters is 1. The molecule has 2 N–H and O–H groups in total. The maximum atomic E-state index is 12.6. The third kappa shape index (κ3) is 5.54. The lowest BCUT2D eigenvalue weighted by atomic mass is 9.95. The average molecular weight is 413 g/mol. The molecule has 7 heteroatoms. The molecule has 0 fully saturated rings. The van der Waals surface area contributed by atoms with Gasteiger partial charge in [-0.25, -0.2) is 9.59 Å². The first-order valence-corrected chi connectivity index (χ1v) is 10.7. The summed E-state index contributed by atoms with van der Waals surface area (Å²) in [7, 11) is 0. The summed E-state index contributed by atoms with van der Waals surface area (Å²) in [5, 5.41) is 5.46. The number of carbonyl (C=O) groups excluding carboxylic acids is 2. The summed E-state index contributed by atoms with van der Waals surface area (Å²) in [6.07, 6.45) is 1.95. The van der Waals surface area contributed by atoms with Crippen molar-refractivity contribution in [2.24, 2.45) is 0 Å². The largest absolute Gasteiger partial charge is 0.489 e.